The lowest BCUT2D eigenvalue weighted by Gasteiger charge is -2.13. The lowest BCUT2D eigenvalue weighted by molar-refractivity contribution is -0.0963. The maximum atomic E-state index is 12.3. The smallest absolute Gasteiger partial charge is 0.417 e. The Balaban J connectivity index is 3.13. The molecule has 0 aliphatic rings. The molecule has 0 aliphatic heterocycles. The van der Waals surface area contributed by atoms with Gasteiger partial charge in [-0.05, 0) is 12.1 Å². The van der Waals surface area contributed by atoms with Crippen molar-refractivity contribution in [1.29, 1.82) is 0 Å². The number of halogens is 5. The summed E-state index contributed by atoms with van der Waals surface area (Å²) in [6.45, 7) is 0. The zero-order chi connectivity index (χ0) is 10.9. The van der Waals surface area contributed by atoms with Crippen molar-refractivity contribution in [3.63, 3.8) is 0 Å². The first-order valence-corrected chi connectivity index (χ1v) is 4.44. The normalized spacial score (nSPS) is 11.5. The maximum absolute atomic E-state index is 12.3. The average molecular weight is 262 g/mol. The number of rotatable bonds is 2. The fourth-order valence-corrected chi connectivity index (χ4v) is 1.28. The third-order valence-corrected chi connectivity index (χ3v) is 2.06. The largest absolute Gasteiger partial charge is 0.487 e. The van der Waals surface area contributed by atoms with Crippen LogP contribution in [-0.2, 0) is 0 Å². The van der Waals surface area contributed by atoms with Crippen molar-refractivity contribution in [3.8, 4) is 5.75 Å². The van der Waals surface area contributed by atoms with Gasteiger partial charge >= 0.3 is 5.57 Å². The molecule has 0 bridgehead atoms. The number of alkyl halides is 3. The van der Waals surface area contributed by atoms with Crippen LogP contribution in [0.5, 0.6) is 5.75 Å². The number of nitrogen functional groups attached to an aromatic ring is 1. The maximum Gasteiger partial charge on any atom is 0.487 e. The van der Waals surface area contributed by atoms with Gasteiger partial charge in [0.2, 0.25) is 0 Å². The highest BCUT2D eigenvalue weighted by Gasteiger charge is 2.30. The van der Waals surface area contributed by atoms with Gasteiger partial charge in [0, 0.05) is 11.6 Å². The number of benzene rings is 1. The van der Waals surface area contributed by atoms with Crippen LogP contribution in [0.1, 0.15) is 0 Å². The van der Waals surface area contributed by atoms with Gasteiger partial charge in [-0.3, -0.25) is 0 Å². The second kappa shape index (κ2) is 3.96. The van der Waals surface area contributed by atoms with E-state index in [-0.39, 0.29) is 15.7 Å². The van der Waals surface area contributed by atoms with Crippen LogP contribution in [0.4, 0.5) is 14.5 Å². The number of hydrogen-bond donors (Lipinski definition) is 1. The number of nitrogens with two attached hydrogens (primary N) is 1. The van der Waals surface area contributed by atoms with Crippen LogP contribution in [0.3, 0.4) is 0 Å². The van der Waals surface area contributed by atoms with E-state index in [4.69, 9.17) is 28.9 Å². The van der Waals surface area contributed by atoms with E-state index in [1.165, 1.54) is 12.1 Å². The predicted molar refractivity (Wildman–Crippen MR) is 52.3 cm³/mol. The second-order valence-electron chi connectivity index (χ2n) is 2.33. The third kappa shape index (κ3) is 2.77. The summed E-state index contributed by atoms with van der Waals surface area (Å²) in [6, 6.07) is 2.64. The molecular formula is C7H4Cl3F2NO. The molecule has 0 spiro atoms. The fraction of sp³-hybridized carbons (Fsp3) is 0.143. The summed E-state index contributed by atoms with van der Waals surface area (Å²) >= 11 is 15.7. The van der Waals surface area contributed by atoms with Crippen LogP contribution in [0, 0.1) is 0 Å². The Kier molecular flexibility index (Phi) is 3.29. The van der Waals surface area contributed by atoms with Crippen LogP contribution in [0.25, 0.3) is 0 Å². The van der Waals surface area contributed by atoms with Crippen molar-refractivity contribution in [2.75, 3.05) is 5.73 Å². The summed E-state index contributed by atoms with van der Waals surface area (Å²) in [4.78, 5) is 0. The van der Waals surface area contributed by atoms with Crippen LogP contribution < -0.4 is 10.5 Å². The Hall–Kier alpha value is -0.450. The summed E-state index contributed by atoms with van der Waals surface area (Å²) < 4.78 is 28.6. The Morgan fingerprint density at radius 2 is 1.86 bits per heavy atom. The number of ether oxygens (including phenoxy) is 1. The molecule has 0 aliphatic carbocycles. The van der Waals surface area contributed by atoms with E-state index in [9.17, 15) is 8.78 Å². The number of anilines is 1. The van der Waals surface area contributed by atoms with Crippen molar-refractivity contribution < 1.29 is 13.5 Å². The highest BCUT2D eigenvalue weighted by molar-refractivity contribution is 6.38. The van der Waals surface area contributed by atoms with E-state index in [2.05, 4.69) is 16.3 Å². The van der Waals surface area contributed by atoms with Gasteiger partial charge < -0.3 is 10.5 Å². The molecule has 1 aromatic carbocycles. The Bertz CT molecular complexity index is 354. The standard InChI is InChI=1S/C7H4Cl3F2NO/c8-3-1-2-4(13)5(9)6(3)14-7(10,11)12/h1-2H,13H2. The highest BCUT2D eigenvalue weighted by Crippen LogP contribution is 2.40. The third-order valence-electron chi connectivity index (χ3n) is 1.30. The van der Waals surface area contributed by atoms with Gasteiger partial charge in [-0.1, -0.05) is 23.2 Å². The summed E-state index contributed by atoms with van der Waals surface area (Å²) in [6.07, 6.45) is 0. The molecule has 0 amide bonds. The number of hydrogen-bond acceptors (Lipinski definition) is 2. The fourth-order valence-electron chi connectivity index (χ4n) is 0.757. The quantitative estimate of drug-likeness (QED) is 0.651. The van der Waals surface area contributed by atoms with Crippen LogP contribution in [0.15, 0.2) is 12.1 Å². The van der Waals surface area contributed by atoms with E-state index >= 15 is 0 Å². The summed E-state index contributed by atoms with van der Waals surface area (Å²) in [5.41, 5.74) is 1.55. The monoisotopic (exact) mass is 261 g/mol. The minimum Gasteiger partial charge on any atom is -0.417 e. The average Bonchev–Trinajstić information content (AvgIpc) is 2.04. The first-order chi connectivity index (χ1) is 6.31. The highest BCUT2D eigenvalue weighted by atomic mass is 35.5. The Morgan fingerprint density at radius 3 is 2.36 bits per heavy atom. The van der Waals surface area contributed by atoms with Gasteiger partial charge in [-0.25, -0.2) is 0 Å². The summed E-state index contributed by atoms with van der Waals surface area (Å²) in [5.74, 6) is -0.437. The summed E-state index contributed by atoms with van der Waals surface area (Å²) in [5, 5.41) is -0.289. The lowest BCUT2D eigenvalue weighted by atomic mass is 10.3. The van der Waals surface area contributed by atoms with Crippen LogP contribution >= 0.6 is 34.8 Å². The summed E-state index contributed by atoms with van der Waals surface area (Å²) in [7, 11) is 0. The molecule has 0 fully saturated rings. The molecule has 1 rings (SSSR count). The van der Waals surface area contributed by atoms with Crippen molar-refractivity contribution >= 4 is 40.5 Å². The minimum atomic E-state index is -3.87. The van der Waals surface area contributed by atoms with Gasteiger partial charge in [0.05, 0.1) is 10.7 Å². The van der Waals surface area contributed by atoms with E-state index in [1.807, 2.05) is 0 Å². The van der Waals surface area contributed by atoms with E-state index in [0.29, 0.717) is 0 Å². The molecule has 0 aromatic heterocycles. The van der Waals surface area contributed by atoms with Crippen molar-refractivity contribution in [2.45, 2.75) is 5.57 Å². The van der Waals surface area contributed by atoms with Gasteiger partial charge in [0.1, 0.15) is 5.02 Å². The molecule has 78 valence electrons. The minimum absolute atomic E-state index is 0.0759. The lowest BCUT2D eigenvalue weighted by Crippen LogP contribution is -2.16. The molecule has 0 atom stereocenters. The van der Waals surface area contributed by atoms with Gasteiger partial charge in [0.25, 0.3) is 0 Å². The van der Waals surface area contributed by atoms with E-state index < -0.39 is 11.3 Å². The molecule has 0 unspecified atom stereocenters. The second-order valence-corrected chi connectivity index (χ2v) is 3.55. The van der Waals surface area contributed by atoms with Crippen molar-refractivity contribution in [3.05, 3.63) is 22.2 Å². The van der Waals surface area contributed by atoms with Crippen molar-refractivity contribution in [2.24, 2.45) is 0 Å². The molecule has 2 N–H and O–H groups in total. The molecule has 0 saturated heterocycles. The zero-order valence-corrected chi connectivity index (χ0v) is 8.80. The van der Waals surface area contributed by atoms with Crippen LogP contribution in [0.2, 0.25) is 10.0 Å². The van der Waals surface area contributed by atoms with Gasteiger partial charge in [0.15, 0.2) is 5.75 Å². The molecule has 0 radical (unpaired) electrons. The molecule has 7 heteroatoms. The Morgan fingerprint density at radius 1 is 1.29 bits per heavy atom. The van der Waals surface area contributed by atoms with Gasteiger partial charge in [-0.2, -0.15) is 0 Å². The first-order valence-electron chi connectivity index (χ1n) is 3.30. The molecule has 1 aromatic rings. The molecule has 0 saturated carbocycles. The predicted octanol–water partition coefficient (Wildman–Crippen LogP) is 3.74. The first kappa shape index (κ1) is 11.6. The SMILES string of the molecule is Nc1ccc(Cl)c(OC(F)(F)Cl)c1Cl. The molecule has 2 nitrogen and oxygen atoms in total. The van der Waals surface area contributed by atoms with E-state index in [1.54, 1.807) is 0 Å². The van der Waals surface area contributed by atoms with Crippen LogP contribution in [-0.4, -0.2) is 5.57 Å². The zero-order valence-electron chi connectivity index (χ0n) is 6.53. The molecule has 0 heterocycles. The molecule has 14 heavy (non-hydrogen) atoms. The van der Waals surface area contributed by atoms with E-state index in [0.717, 1.165) is 0 Å². The Labute approximate surface area is 93.5 Å². The van der Waals surface area contributed by atoms with Crippen molar-refractivity contribution in [1.82, 2.24) is 0 Å². The van der Waals surface area contributed by atoms with Gasteiger partial charge in [-0.15, -0.1) is 8.78 Å². The topological polar surface area (TPSA) is 35.2 Å². The molecular weight excluding hydrogens is 258 g/mol.